The van der Waals surface area contributed by atoms with E-state index in [0.717, 1.165) is 19.6 Å². The molecule has 0 amide bonds. The molecule has 0 aliphatic heterocycles. The summed E-state index contributed by atoms with van der Waals surface area (Å²) in [6, 6.07) is 0.662. The first kappa shape index (κ1) is 14.0. The number of likely N-dealkylation sites (N-methyl/N-ethyl adjacent to an activating group) is 1. The molecule has 0 saturated heterocycles. The van der Waals surface area contributed by atoms with E-state index < -0.39 is 0 Å². The molecule has 1 saturated carbocycles. The lowest BCUT2D eigenvalue weighted by Crippen LogP contribution is -2.45. The molecule has 2 atom stereocenters. The third kappa shape index (κ3) is 3.76. The Morgan fingerprint density at radius 2 is 2.12 bits per heavy atom. The molecule has 1 rings (SSSR count). The fourth-order valence-electron chi connectivity index (χ4n) is 2.76. The van der Waals surface area contributed by atoms with Crippen LogP contribution in [0.15, 0.2) is 11.1 Å². The summed E-state index contributed by atoms with van der Waals surface area (Å²) in [6.07, 6.45) is 5.29. The van der Waals surface area contributed by atoms with Gasteiger partial charge in [0, 0.05) is 18.1 Å². The van der Waals surface area contributed by atoms with Crippen molar-refractivity contribution >= 4 is 11.6 Å². The quantitative estimate of drug-likeness (QED) is 0.806. The normalized spacial score (nSPS) is 27.4. The molecule has 1 aliphatic carbocycles. The molecule has 0 radical (unpaired) electrons. The van der Waals surface area contributed by atoms with Gasteiger partial charge in [-0.3, -0.25) is 4.90 Å². The molecule has 2 N–H and O–H groups in total. The van der Waals surface area contributed by atoms with Crippen molar-refractivity contribution in [2.45, 2.75) is 45.6 Å². The molecule has 16 heavy (non-hydrogen) atoms. The molecule has 1 aliphatic rings. The molecular weight excluding hydrogens is 220 g/mol. The minimum Gasteiger partial charge on any atom is -0.330 e. The Bertz CT molecular complexity index is 228. The molecule has 0 heterocycles. The monoisotopic (exact) mass is 244 g/mol. The summed E-state index contributed by atoms with van der Waals surface area (Å²) in [4.78, 5) is 2.53. The lowest BCUT2D eigenvalue weighted by molar-refractivity contribution is 0.122. The van der Waals surface area contributed by atoms with Crippen molar-refractivity contribution in [1.29, 1.82) is 0 Å². The van der Waals surface area contributed by atoms with Gasteiger partial charge in [-0.25, -0.2) is 0 Å². The van der Waals surface area contributed by atoms with Crippen molar-refractivity contribution in [3.8, 4) is 0 Å². The van der Waals surface area contributed by atoms with E-state index in [9.17, 15) is 0 Å². The topological polar surface area (TPSA) is 29.3 Å². The highest BCUT2D eigenvalue weighted by atomic mass is 35.5. The zero-order chi connectivity index (χ0) is 12.0. The maximum atomic E-state index is 5.88. The van der Waals surface area contributed by atoms with Gasteiger partial charge in [0.25, 0.3) is 0 Å². The lowest BCUT2D eigenvalue weighted by atomic mass is 9.83. The van der Waals surface area contributed by atoms with E-state index in [0.29, 0.717) is 12.0 Å². The minimum atomic E-state index is 0.662. The first-order valence-corrected chi connectivity index (χ1v) is 6.86. The Morgan fingerprint density at radius 1 is 1.44 bits per heavy atom. The SMILES string of the molecule is CCN(CC(C)=CCl)C1CCCCC1CN. The van der Waals surface area contributed by atoms with E-state index in [2.05, 4.69) is 18.7 Å². The van der Waals surface area contributed by atoms with Gasteiger partial charge in [0.2, 0.25) is 0 Å². The van der Waals surface area contributed by atoms with Crippen LogP contribution in [-0.2, 0) is 0 Å². The summed E-state index contributed by atoms with van der Waals surface area (Å²) in [5.41, 5.74) is 8.82. The average Bonchev–Trinajstić information content (AvgIpc) is 2.35. The lowest BCUT2D eigenvalue weighted by Gasteiger charge is -2.39. The van der Waals surface area contributed by atoms with Crippen molar-refractivity contribution in [3.63, 3.8) is 0 Å². The first-order chi connectivity index (χ1) is 7.72. The standard InChI is InChI=1S/C13H25ClN2/c1-3-16(10-11(2)8-14)13-7-5-4-6-12(13)9-15/h8,12-13H,3-7,9-10,15H2,1-2H3. The molecule has 94 valence electrons. The van der Waals surface area contributed by atoms with Gasteiger partial charge in [-0.2, -0.15) is 0 Å². The van der Waals surface area contributed by atoms with Gasteiger partial charge in [-0.15, -0.1) is 0 Å². The summed E-state index contributed by atoms with van der Waals surface area (Å²) in [5.74, 6) is 0.678. The van der Waals surface area contributed by atoms with Gasteiger partial charge in [0.05, 0.1) is 0 Å². The highest BCUT2D eigenvalue weighted by Gasteiger charge is 2.28. The van der Waals surface area contributed by atoms with E-state index >= 15 is 0 Å². The van der Waals surface area contributed by atoms with Crippen molar-refractivity contribution in [3.05, 3.63) is 11.1 Å². The second kappa shape index (κ2) is 7.31. The number of nitrogens with two attached hydrogens (primary N) is 1. The fraction of sp³-hybridized carbons (Fsp3) is 0.846. The summed E-state index contributed by atoms with van der Waals surface area (Å²) >= 11 is 5.75. The number of hydrogen-bond donors (Lipinski definition) is 1. The second-order valence-electron chi connectivity index (χ2n) is 4.87. The highest BCUT2D eigenvalue weighted by Crippen LogP contribution is 2.28. The molecule has 0 spiro atoms. The zero-order valence-electron chi connectivity index (χ0n) is 10.6. The van der Waals surface area contributed by atoms with Crippen LogP contribution in [0.4, 0.5) is 0 Å². The summed E-state index contributed by atoms with van der Waals surface area (Å²) < 4.78 is 0. The molecule has 2 unspecified atom stereocenters. The molecule has 1 fully saturated rings. The van der Waals surface area contributed by atoms with Crippen molar-refractivity contribution in [1.82, 2.24) is 4.90 Å². The number of nitrogens with zero attached hydrogens (tertiary/aromatic N) is 1. The molecule has 0 aromatic rings. The zero-order valence-corrected chi connectivity index (χ0v) is 11.3. The van der Waals surface area contributed by atoms with Crippen LogP contribution in [0.5, 0.6) is 0 Å². The van der Waals surface area contributed by atoms with Crippen LogP contribution in [-0.4, -0.2) is 30.6 Å². The molecule has 0 aromatic heterocycles. The Hall–Kier alpha value is -0.0500. The maximum Gasteiger partial charge on any atom is 0.0204 e. The van der Waals surface area contributed by atoms with Gasteiger partial charge in [-0.1, -0.05) is 31.4 Å². The number of hydrogen-bond acceptors (Lipinski definition) is 2. The van der Waals surface area contributed by atoms with E-state index in [4.69, 9.17) is 17.3 Å². The van der Waals surface area contributed by atoms with Gasteiger partial charge in [0.1, 0.15) is 0 Å². The van der Waals surface area contributed by atoms with Crippen molar-refractivity contribution < 1.29 is 0 Å². The third-order valence-corrected chi connectivity index (χ3v) is 4.06. The van der Waals surface area contributed by atoms with E-state index in [1.807, 2.05) is 0 Å². The largest absolute Gasteiger partial charge is 0.330 e. The predicted molar refractivity (Wildman–Crippen MR) is 71.7 cm³/mol. The summed E-state index contributed by atoms with van der Waals surface area (Å²) in [5, 5.41) is 0. The van der Waals surface area contributed by atoms with Gasteiger partial charge in [0.15, 0.2) is 0 Å². The Balaban J connectivity index is 2.61. The molecule has 0 bridgehead atoms. The maximum absolute atomic E-state index is 5.88. The first-order valence-electron chi connectivity index (χ1n) is 6.42. The molecule has 0 aromatic carbocycles. The Morgan fingerprint density at radius 3 is 2.69 bits per heavy atom. The molecule has 3 heteroatoms. The van der Waals surface area contributed by atoms with Crippen LogP contribution in [0.2, 0.25) is 0 Å². The Kier molecular flexibility index (Phi) is 6.40. The van der Waals surface area contributed by atoms with Crippen LogP contribution in [0.25, 0.3) is 0 Å². The van der Waals surface area contributed by atoms with E-state index in [1.54, 1.807) is 5.54 Å². The number of rotatable bonds is 5. The third-order valence-electron chi connectivity index (χ3n) is 3.69. The smallest absolute Gasteiger partial charge is 0.0204 e. The average molecular weight is 245 g/mol. The number of halogens is 1. The van der Waals surface area contributed by atoms with Crippen molar-refractivity contribution in [2.24, 2.45) is 11.7 Å². The van der Waals surface area contributed by atoms with Crippen LogP contribution in [0, 0.1) is 5.92 Å². The van der Waals surface area contributed by atoms with Crippen molar-refractivity contribution in [2.75, 3.05) is 19.6 Å². The Labute approximate surface area is 105 Å². The van der Waals surface area contributed by atoms with E-state index in [-0.39, 0.29) is 0 Å². The van der Waals surface area contributed by atoms with Gasteiger partial charge in [-0.05, 0) is 44.3 Å². The molecule has 2 nitrogen and oxygen atoms in total. The van der Waals surface area contributed by atoms with Crippen LogP contribution >= 0.6 is 11.6 Å². The van der Waals surface area contributed by atoms with Gasteiger partial charge < -0.3 is 5.73 Å². The second-order valence-corrected chi connectivity index (χ2v) is 5.08. The van der Waals surface area contributed by atoms with Crippen LogP contribution in [0.3, 0.4) is 0 Å². The van der Waals surface area contributed by atoms with Crippen LogP contribution < -0.4 is 5.73 Å². The van der Waals surface area contributed by atoms with Gasteiger partial charge >= 0.3 is 0 Å². The highest BCUT2D eigenvalue weighted by molar-refractivity contribution is 6.25. The summed E-state index contributed by atoms with van der Waals surface area (Å²) in [6.45, 7) is 7.22. The molecular formula is C13H25ClN2. The predicted octanol–water partition coefficient (Wildman–Crippen LogP) is 2.97. The van der Waals surface area contributed by atoms with E-state index in [1.165, 1.54) is 31.3 Å². The summed E-state index contributed by atoms with van der Waals surface area (Å²) in [7, 11) is 0. The minimum absolute atomic E-state index is 0.662. The van der Waals surface area contributed by atoms with Crippen LogP contribution in [0.1, 0.15) is 39.5 Å². The fourth-order valence-corrected chi connectivity index (χ4v) is 2.83.